The van der Waals surface area contributed by atoms with E-state index in [1.165, 1.54) is 32.1 Å². The van der Waals surface area contributed by atoms with Gasteiger partial charge in [-0.3, -0.25) is 4.79 Å². The predicted octanol–water partition coefficient (Wildman–Crippen LogP) is 1.42. The van der Waals surface area contributed by atoms with Gasteiger partial charge in [-0.25, -0.2) is 0 Å². The van der Waals surface area contributed by atoms with Crippen LogP contribution in [0, 0.1) is 11.8 Å². The van der Waals surface area contributed by atoms with E-state index in [1.54, 1.807) is 0 Å². The average molecular weight is 553 g/mol. The molecule has 10 heteroatoms. The number of hydrogen-bond donors (Lipinski definition) is 8. The number of carbonyl (C=O) groups excluding carboxylic acids is 1. The van der Waals surface area contributed by atoms with E-state index in [2.05, 4.69) is 0 Å². The lowest BCUT2D eigenvalue weighted by atomic mass is 9.80. The number of carbonyl (C=O) groups is 1. The second-order valence-electron chi connectivity index (χ2n) is 10.6. The lowest BCUT2D eigenvalue weighted by molar-refractivity contribution is -0.156. The maximum atomic E-state index is 12.7. The topological polar surface area (TPSA) is 188 Å². The van der Waals surface area contributed by atoms with E-state index in [4.69, 9.17) is 14.9 Å². The molecule has 0 radical (unpaired) electrons. The van der Waals surface area contributed by atoms with Crippen LogP contribution in [0.15, 0.2) is 0 Å². The smallest absolute Gasteiger partial charge is 0.309 e. The number of unbranched alkanes of at least 4 members (excludes halogenated alkanes) is 11. The molecule has 0 saturated carbocycles. The van der Waals surface area contributed by atoms with E-state index in [9.17, 15) is 35.4 Å². The first-order valence-electron chi connectivity index (χ1n) is 14.6. The molecule has 6 atom stereocenters. The number of ether oxygens (including phenoxy) is 1. The summed E-state index contributed by atoms with van der Waals surface area (Å²) in [5.74, 6) is -1.85. The minimum absolute atomic E-state index is 0.0576. The Bertz CT molecular complexity index is 536. The molecule has 0 aliphatic carbocycles. The average Bonchev–Trinajstić information content (AvgIpc) is 2.93. The summed E-state index contributed by atoms with van der Waals surface area (Å²) in [5.41, 5.74) is 0. The van der Waals surface area contributed by atoms with Crippen LogP contribution in [0.25, 0.3) is 0 Å². The number of rotatable bonds is 27. The Balaban J connectivity index is 4.35. The van der Waals surface area contributed by atoms with Gasteiger partial charge in [0.25, 0.3) is 0 Å². The van der Waals surface area contributed by atoms with Crippen molar-refractivity contribution in [2.45, 2.75) is 127 Å². The molecule has 0 aromatic carbocycles. The van der Waals surface area contributed by atoms with Crippen molar-refractivity contribution < 1.29 is 50.4 Å². The SMILES string of the molecule is O=C(OCC(O)CO)C(CC(O)CO)C(CCCCCCCCCCCCCCC(O)CO)CC(O)CO. The lowest BCUT2D eigenvalue weighted by Crippen LogP contribution is -2.35. The first kappa shape index (κ1) is 37.1. The molecule has 228 valence electrons. The van der Waals surface area contributed by atoms with Crippen LogP contribution in [0.1, 0.15) is 103 Å². The predicted molar refractivity (Wildman–Crippen MR) is 144 cm³/mol. The fraction of sp³-hybridized carbons (Fsp3) is 0.964. The summed E-state index contributed by atoms with van der Waals surface area (Å²) >= 11 is 0. The van der Waals surface area contributed by atoms with Crippen LogP contribution in [0.3, 0.4) is 0 Å². The second-order valence-corrected chi connectivity index (χ2v) is 10.6. The number of aliphatic hydroxyl groups excluding tert-OH is 8. The Labute approximate surface area is 228 Å². The van der Waals surface area contributed by atoms with E-state index in [0.29, 0.717) is 12.8 Å². The Hall–Kier alpha value is -0.850. The van der Waals surface area contributed by atoms with Crippen molar-refractivity contribution >= 4 is 5.97 Å². The highest BCUT2D eigenvalue weighted by atomic mass is 16.5. The zero-order chi connectivity index (χ0) is 28.6. The monoisotopic (exact) mass is 552 g/mol. The van der Waals surface area contributed by atoms with Gasteiger partial charge < -0.3 is 45.6 Å². The third-order valence-corrected chi connectivity index (χ3v) is 7.10. The van der Waals surface area contributed by atoms with E-state index >= 15 is 0 Å². The lowest BCUT2D eigenvalue weighted by Gasteiger charge is -2.29. The van der Waals surface area contributed by atoms with Crippen LogP contribution in [-0.2, 0) is 9.53 Å². The molecule has 0 aliphatic heterocycles. The molecule has 10 nitrogen and oxygen atoms in total. The van der Waals surface area contributed by atoms with Gasteiger partial charge in [-0.05, 0) is 31.6 Å². The van der Waals surface area contributed by atoms with Gasteiger partial charge in [-0.1, -0.05) is 77.0 Å². The summed E-state index contributed by atoms with van der Waals surface area (Å²) in [7, 11) is 0. The van der Waals surface area contributed by atoms with E-state index < -0.39 is 56.1 Å². The molecule has 0 saturated heterocycles. The zero-order valence-electron chi connectivity index (χ0n) is 23.2. The first-order valence-corrected chi connectivity index (χ1v) is 14.6. The fourth-order valence-electron chi connectivity index (χ4n) is 4.74. The van der Waals surface area contributed by atoms with Gasteiger partial charge in [0, 0.05) is 0 Å². The molecule has 0 aromatic rings. The summed E-state index contributed by atoms with van der Waals surface area (Å²) in [4.78, 5) is 12.7. The quantitative estimate of drug-likeness (QED) is 0.0547. The standard InChI is InChI=1S/C28H56O10/c29-17-23(33)14-12-10-8-6-4-2-1-3-5-7-9-11-13-22(15-24(34)18-30)27(16-25(35)19-31)28(37)38-21-26(36)20-32/h22-27,29-36H,1-21H2. The van der Waals surface area contributed by atoms with Gasteiger partial charge in [0.05, 0.1) is 50.7 Å². The van der Waals surface area contributed by atoms with Crippen molar-refractivity contribution in [2.75, 3.05) is 33.0 Å². The highest BCUT2D eigenvalue weighted by Gasteiger charge is 2.33. The molecule has 0 aliphatic rings. The van der Waals surface area contributed by atoms with Gasteiger partial charge in [0.15, 0.2) is 0 Å². The van der Waals surface area contributed by atoms with Crippen molar-refractivity contribution in [3.05, 3.63) is 0 Å². The minimum atomic E-state index is -1.21. The van der Waals surface area contributed by atoms with Crippen LogP contribution in [0.4, 0.5) is 0 Å². The van der Waals surface area contributed by atoms with Crippen molar-refractivity contribution in [1.82, 2.24) is 0 Å². The first-order chi connectivity index (χ1) is 18.3. The molecule has 0 bridgehead atoms. The summed E-state index contributed by atoms with van der Waals surface area (Å²) in [5, 5.41) is 75.2. The van der Waals surface area contributed by atoms with E-state index in [1.807, 2.05) is 0 Å². The van der Waals surface area contributed by atoms with Gasteiger partial charge in [-0.15, -0.1) is 0 Å². The van der Waals surface area contributed by atoms with E-state index in [-0.39, 0.29) is 32.0 Å². The Kier molecular flexibility index (Phi) is 24.6. The fourth-order valence-corrected chi connectivity index (χ4v) is 4.74. The number of esters is 1. The van der Waals surface area contributed by atoms with Crippen LogP contribution < -0.4 is 0 Å². The number of aliphatic hydroxyl groups is 8. The van der Waals surface area contributed by atoms with Crippen molar-refractivity contribution in [2.24, 2.45) is 11.8 Å². The molecule has 38 heavy (non-hydrogen) atoms. The molecule has 0 heterocycles. The molecule has 0 rings (SSSR count). The van der Waals surface area contributed by atoms with Crippen molar-refractivity contribution in [1.29, 1.82) is 0 Å². The van der Waals surface area contributed by atoms with Crippen LogP contribution >= 0.6 is 0 Å². The molecular formula is C28H56O10. The van der Waals surface area contributed by atoms with Crippen LogP contribution in [0.5, 0.6) is 0 Å². The van der Waals surface area contributed by atoms with Crippen LogP contribution in [0.2, 0.25) is 0 Å². The Morgan fingerprint density at radius 1 is 0.500 bits per heavy atom. The van der Waals surface area contributed by atoms with Crippen LogP contribution in [-0.4, -0.2) is 104 Å². The normalized spacial score (nSPS) is 16.5. The van der Waals surface area contributed by atoms with Gasteiger partial charge in [-0.2, -0.15) is 0 Å². The highest BCUT2D eigenvalue weighted by molar-refractivity contribution is 5.72. The summed E-state index contributed by atoms with van der Waals surface area (Å²) in [6.07, 6.45) is 10.6. The summed E-state index contributed by atoms with van der Waals surface area (Å²) in [6.45, 7) is -2.06. The largest absolute Gasteiger partial charge is 0.463 e. The molecule has 0 amide bonds. The minimum Gasteiger partial charge on any atom is -0.463 e. The van der Waals surface area contributed by atoms with Gasteiger partial charge in [0.2, 0.25) is 0 Å². The van der Waals surface area contributed by atoms with Crippen molar-refractivity contribution in [3.63, 3.8) is 0 Å². The highest BCUT2D eigenvalue weighted by Crippen LogP contribution is 2.30. The van der Waals surface area contributed by atoms with Gasteiger partial charge in [0.1, 0.15) is 12.7 Å². The third-order valence-electron chi connectivity index (χ3n) is 7.10. The van der Waals surface area contributed by atoms with E-state index in [0.717, 1.165) is 44.9 Å². The molecule has 0 spiro atoms. The number of hydrogen-bond acceptors (Lipinski definition) is 10. The van der Waals surface area contributed by atoms with Crippen molar-refractivity contribution in [3.8, 4) is 0 Å². The maximum absolute atomic E-state index is 12.7. The molecule has 0 fully saturated rings. The maximum Gasteiger partial charge on any atom is 0.309 e. The molecule has 6 unspecified atom stereocenters. The third kappa shape index (κ3) is 20.1. The zero-order valence-corrected chi connectivity index (χ0v) is 23.2. The second kappa shape index (κ2) is 25.1. The Morgan fingerprint density at radius 3 is 1.34 bits per heavy atom. The Morgan fingerprint density at radius 2 is 0.895 bits per heavy atom. The molecule has 0 aromatic heterocycles. The molecular weight excluding hydrogens is 496 g/mol. The summed E-state index contributed by atoms with van der Waals surface area (Å²) < 4.78 is 5.13. The summed E-state index contributed by atoms with van der Waals surface area (Å²) in [6, 6.07) is 0. The van der Waals surface area contributed by atoms with Gasteiger partial charge >= 0.3 is 5.97 Å². The molecule has 8 N–H and O–H groups in total.